The number of nitrogens with zero attached hydrogens (tertiary/aromatic N) is 3. The maximum absolute atomic E-state index is 13.6. The van der Waals surface area contributed by atoms with Crippen LogP contribution >= 0.6 is 11.6 Å². The van der Waals surface area contributed by atoms with Gasteiger partial charge in [0.05, 0.1) is 12.1 Å². The maximum Gasteiger partial charge on any atom is 0.258 e. The van der Waals surface area contributed by atoms with Gasteiger partial charge in [-0.3, -0.25) is 9.79 Å². The van der Waals surface area contributed by atoms with Crippen LogP contribution in [0.4, 0.5) is 0 Å². The van der Waals surface area contributed by atoms with Gasteiger partial charge in [-0.2, -0.15) is 0 Å². The summed E-state index contributed by atoms with van der Waals surface area (Å²) in [5.41, 5.74) is 4.45. The summed E-state index contributed by atoms with van der Waals surface area (Å²) in [6, 6.07) is 26.5. The van der Waals surface area contributed by atoms with E-state index in [4.69, 9.17) is 16.6 Å². The predicted molar refractivity (Wildman–Crippen MR) is 155 cm³/mol. The summed E-state index contributed by atoms with van der Waals surface area (Å²) in [5.74, 6) is 1.37. The van der Waals surface area contributed by atoms with Crippen molar-refractivity contribution >= 4 is 28.2 Å². The van der Waals surface area contributed by atoms with Crippen LogP contribution in [0.2, 0.25) is 5.02 Å². The molecule has 0 bridgehead atoms. The molecule has 0 aliphatic carbocycles. The predicted octanol–water partition coefficient (Wildman–Crippen LogP) is 6.73. The van der Waals surface area contributed by atoms with Gasteiger partial charge in [-0.25, -0.2) is 0 Å². The molecule has 0 fully saturated rings. The van der Waals surface area contributed by atoms with Crippen LogP contribution in [0.5, 0.6) is 0 Å². The van der Waals surface area contributed by atoms with E-state index < -0.39 is 0 Å². The molecular formula is C32H34ClN3O. The average Bonchev–Trinajstić information content (AvgIpc) is 3.16. The summed E-state index contributed by atoms with van der Waals surface area (Å²) in [5, 5.41) is 2.24. The molecule has 0 amide bonds. The van der Waals surface area contributed by atoms with Crippen molar-refractivity contribution in [1.29, 1.82) is 0 Å². The van der Waals surface area contributed by atoms with E-state index in [1.54, 1.807) is 6.07 Å². The molecule has 4 nitrogen and oxygen atoms in total. The summed E-state index contributed by atoms with van der Waals surface area (Å²) in [7, 11) is 0. The van der Waals surface area contributed by atoms with Gasteiger partial charge in [0.2, 0.25) is 0 Å². The number of benzene rings is 3. The van der Waals surface area contributed by atoms with Gasteiger partial charge in [0.1, 0.15) is 5.84 Å². The summed E-state index contributed by atoms with van der Waals surface area (Å²) in [6.07, 6.45) is 0.780. The second-order valence-electron chi connectivity index (χ2n) is 11.0. The van der Waals surface area contributed by atoms with Crippen LogP contribution in [0, 0.1) is 12.8 Å². The van der Waals surface area contributed by atoms with E-state index in [0.717, 1.165) is 47.6 Å². The van der Waals surface area contributed by atoms with Gasteiger partial charge in [0.25, 0.3) is 5.56 Å². The van der Waals surface area contributed by atoms with Crippen LogP contribution in [-0.2, 0) is 13.0 Å². The highest BCUT2D eigenvalue weighted by atomic mass is 35.5. The zero-order valence-electron chi connectivity index (χ0n) is 22.0. The molecule has 0 saturated heterocycles. The number of fused-ring (bicyclic) bond motifs is 1. The molecule has 0 radical (unpaired) electrons. The van der Waals surface area contributed by atoms with E-state index >= 15 is 0 Å². The Bertz CT molecular complexity index is 1500. The topological polar surface area (TPSA) is 37.6 Å². The van der Waals surface area contributed by atoms with Gasteiger partial charge in [0, 0.05) is 34.8 Å². The maximum atomic E-state index is 13.6. The third-order valence-electron chi connectivity index (χ3n) is 7.03. The molecule has 0 spiro atoms. The number of aromatic nitrogens is 1. The molecule has 5 heteroatoms. The second kappa shape index (κ2) is 10.2. The highest BCUT2D eigenvalue weighted by Crippen LogP contribution is 2.26. The molecule has 1 aromatic heterocycles. The van der Waals surface area contributed by atoms with Crippen LogP contribution in [0.1, 0.15) is 43.2 Å². The Kier molecular flexibility index (Phi) is 6.96. The standard InChI is InChI=1S/C32H34ClN3O/c1-22-10-12-25(13-11-22)30-34-32(3,4)21-35(30)19-23(2)16-28-18-26-17-27(33)14-15-29(26)31(37)36(28)20-24-8-6-5-7-9-24/h5-15,17-18,23H,16,19-21H2,1-4H3. The number of hydrogen-bond donors (Lipinski definition) is 0. The van der Waals surface area contributed by atoms with Gasteiger partial charge < -0.3 is 9.47 Å². The Balaban J connectivity index is 1.45. The lowest BCUT2D eigenvalue weighted by Gasteiger charge is -2.27. The van der Waals surface area contributed by atoms with Gasteiger partial charge in [0.15, 0.2) is 0 Å². The molecule has 3 aromatic carbocycles. The number of pyridine rings is 1. The van der Waals surface area contributed by atoms with Crippen LogP contribution in [0.25, 0.3) is 10.8 Å². The van der Waals surface area contributed by atoms with E-state index in [0.29, 0.717) is 22.9 Å². The highest BCUT2D eigenvalue weighted by molar-refractivity contribution is 6.31. The third kappa shape index (κ3) is 5.65. The number of amidine groups is 1. The summed E-state index contributed by atoms with van der Waals surface area (Å²) < 4.78 is 1.94. The van der Waals surface area contributed by atoms with E-state index in [1.807, 2.05) is 34.9 Å². The zero-order valence-corrected chi connectivity index (χ0v) is 22.8. The van der Waals surface area contributed by atoms with Gasteiger partial charge >= 0.3 is 0 Å². The number of rotatable bonds is 7. The largest absolute Gasteiger partial charge is 0.354 e. The van der Waals surface area contributed by atoms with Crippen LogP contribution < -0.4 is 5.56 Å². The molecule has 37 heavy (non-hydrogen) atoms. The minimum absolute atomic E-state index is 0.0319. The quantitative estimate of drug-likeness (QED) is 0.276. The van der Waals surface area contributed by atoms with Crippen molar-refractivity contribution in [2.75, 3.05) is 13.1 Å². The van der Waals surface area contributed by atoms with Crippen LogP contribution in [0.3, 0.4) is 0 Å². The second-order valence-corrected chi connectivity index (χ2v) is 11.5. The highest BCUT2D eigenvalue weighted by Gasteiger charge is 2.32. The van der Waals surface area contributed by atoms with Crippen molar-refractivity contribution in [3.05, 3.63) is 117 Å². The summed E-state index contributed by atoms with van der Waals surface area (Å²) >= 11 is 6.29. The van der Waals surface area contributed by atoms with Crippen molar-refractivity contribution in [3.63, 3.8) is 0 Å². The van der Waals surface area contributed by atoms with Crippen molar-refractivity contribution in [2.45, 2.75) is 46.2 Å². The van der Waals surface area contributed by atoms with Crippen LogP contribution in [-0.4, -0.2) is 33.9 Å². The molecule has 1 unspecified atom stereocenters. The lowest BCUT2D eigenvalue weighted by atomic mass is 10.0. The van der Waals surface area contributed by atoms with Crippen molar-refractivity contribution in [3.8, 4) is 0 Å². The average molecular weight is 512 g/mol. The zero-order chi connectivity index (χ0) is 26.2. The molecule has 2 heterocycles. The minimum Gasteiger partial charge on any atom is -0.354 e. The molecule has 0 N–H and O–H groups in total. The first kappa shape index (κ1) is 25.3. The van der Waals surface area contributed by atoms with Gasteiger partial charge in [-0.15, -0.1) is 0 Å². The van der Waals surface area contributed by atoms with Crippen molar-refractivity contribution in [2.24, 2.45) is 10.9 Å². The van der Waals surface area contributed by atoms with E-state index in [-0.39, 0.29) is 11.1 Å². The molecule has 190 valence electrons. The molecule has 1 aliphatic rings. The third-order valence-corrected chi connectivity index (χ3v) is 7.26. The normalized spacial score (nSPS) is 15.7. The molecule has 1 atom stereocenters. The van der Waals surface area contributed by atoms with Crippen LogP contribution in [0.15, 0.2) is 88.6 Å². The fourth-order valence-electron chi connectivity index (χ4n) is 5.32. The molecule has 4 aromatic rings. The van der Waals surface area contributed by atoms with E-state index in [2.05, 4.69) is 75.1 Å². The fourth-order valence-corrected chi connectivity index (χ4v) is 5.50. The van der Waals surface area contributed by atoms with E-state index in [9.17, 15) is 4.79 Å². The molecule has 0 saturated carbocycles. The van der Waals surface area contributed by atoms with Gasteiger partial charge in [-0.05, 0) is 68.3 Å². The lowest BCUT2D eigenvalue weighted by molar-refractivity contribution is 0.326. The lowest BCUT2D eigenvalue weighted by Crippen LogP contribution is -2.37. The van der Waals surface area contributed by atoms with Crippen molar-refractivity contribution < 1.29 is 0 Å². The number of hydrogen-bond acceptors (Lipinski definition) is 3. The first-order valence-corrected chi connectivity index (χ1v) is 13.3. The fraction of sp³-hybridized carbons (Fsp3) is 0.312. The molecule has 1 aliphatic heterocycles. The SMILES string of the molecule is Cc1ccc(C2=NC(C)(C)CN2CC(C)Cc2cc3cc(Cl)ccc3c(=O)n2Cc2ccccc2)cc1. The Hall–Kier alpha value is -3.37. The minimum atomic E-state index is -0.130. The summed E-state index contributed by atoms with van der Waals surface area (Å²) in [4.78, 5) is 21.1. The summed E-state index contributed by atoms with van der Waals surface area (Å²) in [6.45, 7) is 11.0. The Morgan fingerprint density at radius 2 is 1.73 bits per heavy atom. The number of aryl methyl sites for hydroxylation is 1. The van der Waals surface area contributed by atoms with Crippen molar-refractivity contribution in [1.82, 2.24) is 9.47 Å². The molecule has 5 rings (SSSR count). The number of aliphatic imine (C=N–C) groups is 1. The Labute approximate surface area is 224 Å². The Morgan fingerprint density at radius 3 is 2.46 bits per heavy atom. The van der Waals surface area contributed by atoms with Gasteiger partial charge in [-0.1, -0.05) is 78.7 Å². The number of halogens is 1. The Morgan fingerprint density at radius 1 is 1.00 bits per heavy atom. The monoisotopic (exact) mass is 511 g/mol. The first-order chi connectivity index (χ1) is 17.7. The first-order valence-electron chi connectivity index (χ1n) is 13.0. The smallest absolute Gasteiger partial charge is 0.258 e. The van der Waals surface area contributed by atoms with E-state index in [1.165, 1.54) is 5.56 Å². The molecular weight excluding hydrogens is 478 g/mol.